The average molecular weight is 212 g/mol. The number of carbonyl (C=O) groups excluding carboxylic acids is 1. The van der Waals surface area contributed by atoms with Crippen molar-refractivity contribution < 1.29 is 4.79 Å². The van der Waals surface area contributed by atoms with E-state index >= 15 is 0 Å². The van der Waals surface area contributed by atoms with Crippen LogP contribution in [0.4, 0.5) is 5.69 Å². The Morgan fingerprint density at radius 1 is 1.29 bits per heavy atom. The maximum absolute atomic E-state index is 11.4. The van der Waals surface area contributed by atoms with Crippen LogP contribution < -0.4 is 4.90 Å². The van der Waals surface area contributed by atoms with E-state index in [-0.39, 0.29) is 11.9 Å². The molecule has 0 unspecified atom stereocenters. The summed E-state index contributed by atoms with van der Waals surface area (Å²) in [7, 11) is 0. The molecule has 1 aromatic rings. The van der Waals surface area contributed by atoms with E-state index in [1.807, 2.05) is 26.0 Å². The van der Waals surface area contributed by atoms with Crippen molar-refractivity contribution in [3.8, 4) is 0 Å². The quantitative estimate of drug-likeness (QED) is 0.736. The van der Waals surface area contributed by atoms with Crippen LogP contribution in [0.3, 0.4) is 0 Å². The fraction of sp³-hybridized carbons (Fsp3) is 0.364. The monoisotopic (exact) mass is 211 g/mol. The Bertz CT molecular complexity index is 319. The number of carbonyl (C=O) groups is 1. The van der Waals surface area contributed by atoms with Gasteiger partial charge in [0, 0.05) is 23.7 Å². The number of rotatable bonds is 2. The van der Waals surface area contributed by atoms with E-state index in [2.05, 4.69) is 0 Å². The molecule has 0 aliphatic heterocycles. The maximum atomic E-state index is 11.4. The molecular formula is C11H14ClNO. The van der Waals surface area contributed by atoms with Crippen LogP contribution in [0.2, 0.25) is 5.02 Å². The minimum Gasteiger partial charge on any atom is -0.310 e. The second-order valence-electron chi connectivity index (χ2n) is 3.46. The van der Waals surface area contributed by atoms with Crippen molar-refractivity contribution in [1.29, 1.82) is 0 Å². The summed E-state index contributed by atoms with van der Waals surface area (Å²) in [4.78, 5) is 13.1. The summed E-state index contributed by atoms with van der Waals surface area (Å²) in [5.74, 6) is 0.0438. The maximum Gasteiger partial charge on any atom is 0.224 e. The van der Waals surface area contributed by atoms with Crippen LogP contribution in [-0.4, -0.2) is 11.9 Å². The van der Waals surface area contributed by atoms with E-state index < -0.39 is 0 Å². The van der Waals surface area contributed by atoms with Crippen LogP contribution in [-0.2, 0) is 4.79 Å². The molecule has 14 heavy (non-hydrogen) atoms. The molecule has 3 heteroatoms. The topological polar surface area (TPSA) is 20.3 Å². The molecule has 76 valence electrons. The first-order chi connectivity index (χ1) is 6.52. The molecule has 0 aromatic heterocycles. The minimum absolute atomic E-state index is 0.0438. The number of anilines is 1. The summed E-state index contributed by atoms with van der Waals surface area (Å²) in [5.41, 5.74) is 0.886. The lowest BCUT2D eigenvalue weighted by Crippen LogP contribution is -2.34. The third-order valence-corrected chi connectivity index (χ3v) is 2.21. The zero-order chi connectivity index (χ0) is 10.7. The Kier molecular flexibility index (Phi) is 3.53. The Morgan fingerprint density at radius 2 is 1.79 bits per heavy atom. The van der Waals surface area contributed by atoms with E-state index in [9.17, 15) is 4.79 Å². The summed E-state index contributed by atoms with van der Waals surface area (Å²) >= 11 is 5.77. The van der Waals surface area contributed by atoms with Gasteiger partial charge >= 0.3 is 0 Å². The molecule has 0 N–H and O–H groups in total. The van der Waals surface area contributed by atoms with E-state index in [0.717, 1.165) is 5.69 Å². The van der Waals surface area contributed by atoms with Crippen LogP contribution in [0, 0.1) is 0 Å². The molecule has 1 amide bonds. The van der Waals surface area contributed by atoms with Gasteiger partial charge in [0.1, 0.15) is 0 Å². The summed E-state index contributed by atoms with van der Waals surface area (Å²) in [6.07, 6.45) is 0. The number of amides is 1. The highest BCUT2D eigenvalue weighted by Crippen LogP contribution is 2.20. The van der Waals surface area contributed by atoms with Crippen LogP contribution >= 0.6 is 11.6 Å². The fourth-order valence-electron chi connectivity index (χ4n) is 1.45. The van der Waals surface area contributed by atoms with Gasteiger partial charge in [-0.1, -0.05) is 11.6 Å². The normalized spacial score (nSPS) is 10.4. The molecule has 1 rings (SSSR count). The number of hydrogen-bond acceptors (Lipinski definition) is 1. The lowest BCUT2D eigenvalue weighted by molar-refractivity contribution is -0.116. The van der Waals surface area contributed by atoms with Crippen molar-refractivity contribution in [2.24, 2.45) is 0 Å². The van der Waals surface area contributed by atoms with Crippen molar-refractivity contribution in [3.05, 3.63) is 29.3 Å². The van der Waals surface area contributed by atoms with Gasteiger partial charge in [-0.25, -0.2) is 0 Å². The molecule has 0 aliphatic rings. The van der Waals surface area contributed by atoms with Crippen molar-refractivity contribution in [1.82, 2.24) is 0 Å². The van der Waals surface area contributed by atoms with E-state index in [1.54, 1.807) is 24.0 Å². The molecule has 0 bridgehead atoms. The van der Waals surface area contributed by atoms with Gasteiger partial charge in [0.25, 0.3) is 0 Å². The molecule has 0 aliphatic carbocycles. The standard InChI is InChI=1S/C11H14ClNO/c1-8(2)13(9(3)14)11-6-4-10(12)5-7-11/h4-8H,1-3H3. The van der Waals surface area contributed by atoms with E-state index in [1.165, 1.54) is 0 Å². The molecule has 1 aromatic carbocycles. The molecule has 0 saturated carbocycles. The summed E-state index contributed by atoms with van der Waals surface area (Å²) in [6, 6.07) is 7.44. The van der Waals surface area contributed by atoms with Gasteiger partial charge < -0.3 is 4.90 Å². The Morgan fingerprint density at radius 3 is 2.14 bits per heavy atom. The first-order valence-corrected chi connectivity index (χ1v) is 4.95. The fourth-order valence-corrected chi connectivity index (χ4v) is 1.57. The second kappa shape index (κ2) is 4.47. The minimum atomic E-state index is 0.0438. The van der Waals surface area contributed by atoms with Crippen LogP contribution in [0.1, 0.15) is 20.8 Å². The lowest BCUT2D eigenvalue weighted by atomic mass is 10.2. The Hall–Kier alpha value is -1.02. The van der Waals surface area contributed by atoms with Crippen molar-refractivity contribution in [3.63, 3.8) is 0 Å². The highest BCUT2D eigenvalue weighted by atomic mass is 35.5. The van der Waals surface area contributed by atoms with Gasteiger partial charge in [-0.15, -0.1) is 0 Å². The highest BCUT2D eigenvalue weighted by molar-refractivity contribution is 6.30. The number of benzene rings is 1. The van der Waals surface area contributed by atoms with Gasteiger partial charge in [0.05, 0.1) is 0 Å². The van der Waals surface area contributed by atoms with Crippen LogP contribution in [0.5, 0.6) is 0 Å². The predicted molar refractivity (Wildman–Crippen MR) is 59.7 cm³/mol. The van der Waals surface area contributed by atoms with E-state index in [4.69, 9.17) is 11.6 Å². The van der Waals surface area contributed by atoms with Crippen LogP contribution in [0.15, 0.2) is 24.3 Å². The van der Waals surface area contributed by atoms with Crippen LogP contribution in [0.25, 0.3) is 0 Å². The molecule has 2 nitrogen and oxygen atoms in total. The molecule has 0 radical (unpaired) electrons. The van der Waals surface area contributed by atoms with Gasteiger partial charge in [-0.05, 0) is 38.1 Å². The van der Waals surface area contributed by atoms with Gasteiger partial charge in [0.2, 0.25) is 5.91 Å². The smallest absolute Gasteiger partial charge is 0.224 e. The first kappa shape index (κ1) is 11.1. The third-order valence-electron chi connectivity index (χ3n) is 1.96. The second-order valence-corrected chi connectivity index (χ2v) is 3.90. The molecular weight excluding hydrogens is 198 g/mol. The summed E-state index contributed by atoms with van der Waals surface area (Å²) in [6.45, 7) is 5.53. The Balaban J connectivity index is 3.00. The van der Waals surface area contributed by atoms with Crippen molar-refractivity contribution in [2.75, 3.05) is 4.90 Å². The molecule has 0 spiro atoms. The van der Waals surface area contributed by atoms with Gasteiger partial charge in [0.15, 0.2) is 0 Å². The highest BCUT2D eigenvalue weighted by Gasteiger charge is 2.14. The van der Waals surface area contributed by atoms with Gasteiger partial charge in [-0.2, -0.15) is 0 Å². The average Bonchev–Trinajstić information content (AvgIpc) is 2.07. The first-order valence-electron chi connectivity index (χ1n) is 4.57. The Labute approximate surface area is 89.5 Å². The van der Waals surface area contributed by atoms with Gasteiger partial charge in [-0.3, -0.25) is 4.79 Å². The number of nitrogens with zero attached hydrogens (tertiary/aromatic N) is 1. The molecule has 0 atom stereocenters. The molecule has 0 heterocycles. The molecule has 0 fully saturated rings. The van der Waals surface area contributed by atoms with E-state index in [0.29, 0.717) is 5.02 Å². The largest absolute Gasteiger partial charge is 0.310 e. The van der Waals surface area contributed by atoms with Crippen molar-refractivity contribution >= 4 is 23.2 Å². The zero-order valence-corrected chi connectivity index (χ0v) is 9.38. The number of hydrogen-bond donors (Lipinski definition) is 0. The molecule has 0 saturated heterocycles. The predicted octanol–water partition coefficient (Wildman–Crippen LogP) is 3.10. The van der Waals surface area contributed by atoms with Crippen molar-refractivity contribution in [2.45, 2.75) is 26.8 Å². The summed E-state index contributed by atoms with van der Waals surface area (Å²) < 4.78 is 0. The number of halogens is 1. The third kappa shape index (κ3) is 2.48. The zero-order valence-electron chi connectivity index (χ0n) is 8.62. The SMILES string of the molecule is CC(=O)N(c1ccc(Cl)cc1)C(C)C. The summed E-state index contributed by atoms with van der Waals surface area (Å²) in [5, 5.41) is 0.681. The lowest BCUT2D eigenvalue weighted by Gasteiger charge is -2.25.